The number of nitrogens with zero attached hydrogens (tertiary/aromatic N) is 5. The van der Waals surface area contributed by atoms with Gasteiger partial charge in [-0.2, -0.15) is 11.8 Å². The van der Waals surface area contributed by atoms with Crippen LogP contribution in [0, 0.1) is 0 Å². The van der Waals surface area contributed by atoms with Crippen molar-refractivity contribution < 1.29 is 0 Å². The monoisotopic (exact) mass is 264 g/mol. The van der Waals surface area contributed by atoms with E-state index in [4.69, 9.17) is 0 Å². The first-order valence-electron chi connectivity index (χ1n) is 6.30. The van der Waals surface area contributed by atoms with Crippen molar-refractivity contribution in [1.29, 1.82) is 0 Å². The van der Waals surface area contributed by atoms with Crippen molar-refractivity contribution in [3.63, 3.8) is 0 Å². The van der Waals surface area contributed by atoms with E-state index in [0.29, 0.717) is 16.9 Å². The Kier molecular flexibility index (Phi) is 3.31. The molecule has 2 unspecified atom stereocenters. The van der Waals surface area contributed by atoms with E-state index in [-0.39, 0.29) is 0 Å². The molecule has 0 aromatic carbocycles. The Balaban J connectivity index is 1.74. The predicted octanol–water partition coefficient (Wildman–Crippen LogP) is 1.61. The van der Waals surface area contributed by atoms with E-state index in [1.54, 1.807) is 0 Å². The minimum absolute atomic E-state index is 0.511. The van der Waals surface area contributed by atoms with Gasteiger partial charge < -0.3 is 5.32 Å². The molecule has 0 bridgehead atoms. The first-order chi connectivity index (χ1) is 8.86. The fraction of sp³-hybridized carbons (Fsp3) is 0.636. The third-order valence-electron chi connectivity index (χ3n) is 3.24. The van der Waals surface area contributed by atoms with Crippen molar-refractivity contribution in [3.8, 4) is 0 Å². The molecule has 1 fully saturated rings. The summed E-state index contributed by atoms with van der Waals surface area (Å²) in [4.78, 5) is 0. The lowest BCUT2D eigenvalue weighted by Gasteiger charge is -2.20. The first kappa shape index (κ1) is 11.7. The van der Waals surface area contributed by atoms with Crippen molar-refractivity contribution in [2.45, 2.75) is 37.5 Å². The van der Waals surface area contributed by atoms with Gasteiger partial charge in [0.05, 0.1) is 0 Å². The Morgan fingerprint density at radius 3 is 3.28 bits per heavy atom. The molecule has 3 rings (SSSR count). The molecular weight excluding hydrogens is 248 g/mol. The molecule has 2 atom stereocenters. The number of nitrogens with one attached hydrogen (secondary N) is 1. The van der Waals surface area contributed by atoms with Crippen molar-refractivity contribution in [2.75, 3.05) is 11.1 Å². The maximum Gasteiger partial charge on any atom is 0.200 e. The molecule has 1 N–H and O–H groups in total. The van der Waals surface area contributed by atoms with Crippen LogP contribution in [0.15, 0.2) is 12.1 Å². The Labute approximate surface area is 110 Å². The summed E-state index contributed by atoms with van der Waals surface area (Å²) < 4.78 is 1.46. The van der Waals surface area contributed by atoms with Gasteiger partial charge in [0.2, 0.25) is 0 Å². The van der Waals surface area contributed by atoms with Gasteiger partial charge in [0.25, 0.3) is 0 Å². The number of thioether (sulfide) groups is 1. The molecule has 1 aliphatic carbocycles. The number of aromatic nitrogens is 5. The largest absolute Gasteiger partial charge is 0.365 e. The number of hydrogen-bond donors (Lipinski definition) is 1. The zero-order valence-corrected chi connectivity index (χ0v) is 11.1. The van der Waals surface area contributed by atoms with Crippen LogP contribution >= 0.6 is 11.8 Å². The fourth-order valence-corrected chi connectivity index (χ4v) is 3.62. The average Bonchev–Trinajstić information content (AvgIpc) is 2.99. The van der Waals surface area contributed by atoms with Crippen LogP contribution in [-0.4, -0.2) is 42.3 Å². The molecule has 1 aliphatic rings. The molecule has 0 radical (unpaired) electrons. The summed E-state index contributed by atoms with van der Waals surface area (Å²) in [5.74, 6) is 2.02. The summed E-state index contributed by atoms with van der Waals surface area (Å²) in [6.07, 6.45) is 3.80. The Morgan fingerprint density at radius 2 is 2.39 bits per heavy atom. The molecule has 1 saturated carbocycles. The Morgan fingerprint density at radius 1 is 1.44 bits per heavy atom. The summed E-state index contributed by atoms with van der Waals surface area (Å²) in [6, 6.07) is 4.33. The van der Waals surface area contributed by atoms with Crippen LogP contribution in [0.1, 0.15) is 26.2 Å². The van der Waals surface area contributed by atoms with Gasteiger partial charge in [0, 0.05) is 11.3 Å². The van der Waals surface area contributed by atoms with Crippen LogP contribution in [0.3, 0.4) is 0 Å². The number of hydrogen-bond acceptors (Lipinski definition) is 6. The SMILES string of the molecule is CCSC1CCCC1Nc1ccc2nnnn2n1. The molecule has 2 aromatic rings. The van der Waals surface area contributed by atoms with E-state index in [1.165, 1.54) is 29.6 Å². The van der Waals surface area contributed by atoms with Crippen LogP contribution in [0.2, 0.25) is 0 Å². The van der Waals surface area contributed by atoms with Crippen molar-refractivity contribution in [2.24, 2.45) is 0 Å². The summed E-state index contributed by atoms with van der Waals surface area (Å²) in [7, 11) is 0. The van der Waals surface area contributed by atoms with Crippen LogP contribution in [-0.2, 0) is 0 Å². The van der Waals surface area contributed by atoms with Crippen LogP contribution in [0.4, 0.5) is 5.82 Å². The van der Waals surface area contributed by atoms with Crippen molar-refractivity contribution >= 4 is 23.2 Å². The number of tetrazole rings is 1. The third kappa shape index (κ3) is 2.27. The average molecular weight is 264 g/mol. The van der Waals surface area contributed by atoms with Crippen LogP contribution in [0.25, 0.3) is 5.65 Å². The minimum atomic E-state index is 0.511. The van der Waals surface area contributed by atoms with Gasteiger partial charge in [-0.1, -0.05) is 13.3 Å². The number of fused-ring (bicyclic) bond motifs is 1. The highest BCUT2D eigenvalue weighted by Gasteiger charge is 2.27. The molecule has 0 aliphatic heterocycles. The molecule has 2 heterocycles. The second-order valence-corrected chi connectivity index (χ2v) is 5.94. The lowest BCUT2D eigenvalue weighted by atomic mass is 10.2. The van der Waals surface area contributed by atoms with Gasteiger partial charge >= 0.3 is 0 Å². The summed E-state index contributed by atoms with van der Waals surface area (Å²) in [5.41, 5.74) is 0.673. The highest BCUT2D eigenvalue weighted by Crippen LogP contribution is 2.31. The second-order valence-electron chi connectivity index (χ2n) is 4.42. The normalized spacial score (nSPS) is 23.6. The highest BCUT2D eigenvalue weighted by atomic mass is 32.2. The summed E-state index contributed by atoms with van der Waals surface area (Å²) >= 11 is 2.03. The topological polar surface area (TPSA) is 68.0 Å². The molecule has 2 aromatic heterocycles. The fourth-order valence-electron chi connectivity index (χ4n) is 2.42. The van der Waals surface area contributed by atoms with Gasteiger partial charge in [-0.15, -0.1) is 14.8 Å². The Hall–Kier alpha value is -1.37. The van der Waals surface area contributed by atoms with E-state index in [0.717, 1.165) is 5.82 Å². The van der Waals surface area contributed by atoms with Gasteiger partial charge in [-0.25, -0.2) is 0 Å². The zero-order chi connectivity index (χ0) is 12.4. The standard InChI is InChI=1S/C11H16N6S/c1-2-18-9-5-3-4-8(9)12-10-6-7-11-13-15-16-17(11)14-10/h6-9H,2-5H2,1H3,(H,12,14). The Bertz CT molecular complexity index is 527. The van der Waals surface area contributed by atoms with E-state index >= 15 is 0 Å². The maximum atomic E-state index is 4.35. The van der Waals surface area contributed by atoms with Crippen LogP contribution in [0.5, 0.6) is 0 Å². The highest BCUT2D eigenvalue weighted by molar-refractivity contribution is 7.99. The van der Waals surface area contributed by atoms with E-state index in [2.05, 4.69) is 32.9 Å². The van der Waals surface area contributed by atoms with E-state index < -0.39 is 0 Å². The molecule has 96 valence electrons. The van der Waals surface area contributed by atoms with E-state index in [9.17, 15) is 0 Å². The van der Waals surface area contributed by atoms with Gasteiger partial charge in [-0.05, 0) is 41.2 Å². The van der Waals surface area contributed by atoms with Crippen molar-refractivity contribution in [1.82, 2.24) is 25.3 Å². The van der Waals surface area contributed by atoms with Crippen LogP contribution < -0.4 is 5.32 Å². The molecule has 6 nitrogen and oxygen atoms in total. The first-order valence-corrected chi connectivity index (χ1v) is 7.35. The molecule has 0 saturated heterocycles. The lowest BCUT2D eigenvalue weighted by molar-refractivity contribution is 0.714. The summed E-state index contributed by atoms with van der Waals surface area (Å²) in [6.45, 7) is 2.21. The quantitative estimate of drug-likeness (QED) is 0.904. The smallest absolute Gasteiger partial charge is 0.200 e. The number of anilines is 1. The third-order valence-corrected chi connectivity index (χ3v) is 4.56. The molecular formula is C11H16N6S. The molecule has 7 heteroatoms. The molecule has 0 spiro atoms. The predicted molar refractivity (Wildman–Crippen MR) is 71.8 cm³/mol. The zero-order valence-electron chi connectivity index (χ0n) is 10.3. The van der Waals surface area contributed by atoms with Gasteiger partial charge in [0.1, 0.15) is 5.82 Å². The summed E-state index contributed by atoms with van der Waals surface area (Å²) in [5, 5.41) is 19.8. The molecule has 18 heavy (non-hydrogen) atoms. The number of rotatable bonds is 4. The second kappa shape index (κ2) is 5.09. The van der Waals surface area contributed by atoms with Crippen molar-refractivity contribution in [3.05, 3.63) is 12.1 Å². The van der Waals surface area contributed by atoms with E-state index in [1.807, 2.05) is 23.9 Å². The molecule has 0 amide bonds. The lowest BCUT2D eigenvalue weighted by Crippen LogP contribution is -2.27. The minimum Gasteiger partial charge on any atom is -0.365 e. The van der Waals surface area contributed by atoms with Gasteiger partial charge in [-0.3, -0.25) is 0 Å². The maximum absolute atomic E-state index is 4.35. The van der Waals surface area contributed by atoms with Gasteiger partial charge in [0.15, 0.2) is 5.65 Å².